The SMILES string of the molecule is COCCO[C@@H](CN(CCN(C)C)Cc1ccccn1)[C@@]12CC[C@]3(C)[C@H](CCC4[C@@]5(C)CC[C@H](OC(=O)CC(C)(C)C(=O)O)C(C)(C)[C@@H]5CC[C@]43C)C1=C(C(C)C)C(=O)C2. The molecule has 0 aliphatic heterocycles. The predicted molar refractivity (Wildman–Crippen MR) is 235 cm³/mol. The molecule has 336 valence electrons. The average Bonchev–Trinajstić information content (AvgIpc) is 3.48. The summed E-state index contributed by atoms with van der Waals surface area (Å²) in [6, 6.07) is 6.13. The van der Waals surface area contributed by atoms with Crippen LogP contribution in [0.1, 0.15) is 132 Å². The molecule has 9 atom stereocenters. The van der Waals surface area contributed by atoms with Gasteiger partial charge in [-0.15, -0.1) is 0 Å². The first-order chi connectivity index (χ1) is 28.1. The molecule has 0 aromatic carbocycles. The van der Waals surface area contributed by atoms with Gasteiger partial charge in [-0.2, -0.15) is 0 Å². The minimum absolute atomic E-state index is 0.000982. The van der Waals surface area contributed by atoms with Crippen LogP contribution in [0.15, 0.2) is 35.5 Å². The number of pyridine rings is 1. The summed E-state index contributed by atoms with van der Waals surface area (Å²) in [6.07, 6.45) is 9.93. The monoisotopic (exact) mass is 834 g/mol. The number of hydrogen-bond donors (Lipinski definition) is 1. The van der Waals surface area contributed by atoms with E-state index in [-0.39, 0.29) is 51.6 Å². The fraction of sp³-hybridized carbons (Fsp3) is 0.800. The molecule has 4 saturated carbocycles. The quantitative estimate of drug-likeness (QED) is 0.121. The van der Waals surface area contributed by atoms with Gasteiger partial charge in [0.25, 0.3) is 0 Å². The number of allylic oxidation sites excluding steroid dienone is 1. The van der Waals surface area contributed by atoms with Gasteiger partial charge < -0.3 is 24.2 Å². The molecule has 10 nitrogen and oxygen atoms in total. The molecule has 6 rings (SSSR count). The third kappa shape index (κ3) is 8.30. The average molecular weight is 834 g/mol. The van der Waals surface area contributed by atoms with Crippen molar-refractivity contribution >= 4 is 17.7 Å². The number of esters is 1. The molecule has 0 spiro atoms. The molecule has 0 amide bonds. The number of aliphatic carboxylic acids is 1. The van der Waals surface area contributed by atoms with Gasteiger partial charge >= 0.3 is 11.9 Å². The number of nitrogens with zero attached hydrogens (tertiary/aromatic N) is 3. The minimum atomic E-state index is -1.17. The Bertz CT molecular complexity index is 1760. The molecule has 60 heavy (non-hydrogen) atoms. The third-order valence-electron chi connectivity index (χ3n) is 17.5. The van der Waals surface area contributed by atoms with Crippen molar-refractivity contribution in [1.29, 1.82) is 0 Å². The topological polar surface area (TPSA) is 118 Å². The lowest BCUT2D eigenvalue weighted by molar-refractivity contribution is -0.236. The summed E-state index contributed by atoms with van der Waals surface area (Å²) in [7, 11) is 5.97. The number of hydrogen-bond acceptors (Lipinski definition) is 9. The number of carboxylic acids is 1. The smallest absolute Gasteiger partial charge is 0.309 e. The number of methoxy groups -OCH3 is 1. The molecule has 4 fully saturated rings. The Hall–Kier alpha value is -2.66. The van der Waals surface area contributed by atoms with Crippen molar-refractivity contribution in [2.24, 2.45) is 56.2 Å². The van der Waals surface area contributed by atoms with E-state index in [0.29, 0.717) is 49.7 Å². The summed E-state index contributed by atoms with van der Waals surface area (Å²) in [5.74, 6) is 0.208. The number of fused-ring (bicyclic) bond motifs is 7. The van der Waals surface area contributed by atoms with E-state index in [0.717, 1.165) is 82.3 Å². The lowest BCUT2D eigenvalue weighted by Crippen LogP contribution is -2.66. The number of carbonyl (C=O) groups excluding carboxylic acids is 2. The van der Waals surface area contributed by atoms with E-state index < -0.39 is 17.4 Å². The summed E-state index contributed by atoms with van der Waals surface area (Å²) in [6.45, 7) is 24.2. The fourth-order valence-electron chi connectivity index (χ4n) is 14.1. The first kappa shape index (κ1) is 46.8. The number of aromatic nitrogens is 1. The molecule has 1 heterocycles. The van der Waals surface area contributed by atoms with Crippen LogP contribution in [-0.2, 0) is 35.1 Å². The second-order valence-corrected chi connectivity index (χ2v) is 22.3. The van der Waals surface area contributed by atoms with Crippen LogP contribution in [0.25, 0.3) is 0 Å². The van der Waals surface area contributed by atoms with E-state index in [1.165, 1.54) is 5.57 Å². The standard InChI is InChI=1S/C50H79N3O7/c1-33(2)42-36(54)29-50(40(59-28-27-58-12)32-53(26-25-52(10)11)31-34-15-13-14-24-51-34)23-22-48(8)35(43(42)50)16-17-38-47(7)20-19-39(60-41(55)30-45(3,4)44(56)57)46(5,6)37(47)18-21-49(38,48)9/h13-15,24,33,35,37-40H,16-23,25-32H2,1-12H3,(H,56,57)/t35-,37+,38?,39+,40+,47+,48-,49-,50+/m1/s1. The first-order valence-electron chi connectivity index (χ1n) is 23.2. The number of Topliss-reactive ketones (excluding diaryl/α,β-unsaturated/α-hetero) is 1. The Morgan fingerprint density at radius 1 is 0.933 bits per heavy atom. The first-order valence-corrected chi connectivity index (χ1v) is 23.2. The van der Waals surface area contributed by atoms with Crippen LogP contribution < -0.4 is 0 Å². The van der Waals surface area contributed by atoms with Gasteiger partial charge in [0.05, 0.1) is 36.8 Å². The van der Waals surface area contributed by atoms with Crippen molar-refractivity contribution in [3.05, 3.63) is 41.2 Å². The summed E-state index contributed by atoms with van der Waals surface area (Å²) in [4.78, 5) is 49.2. The Kier molecular flexibility index (Phi) is 13.6. The highest BCUT2D eigenvalue weighted by Gasteiger charge is 2.71. The molecule has 1 unspecified atom stereocenters. The second kappa shape index (κ2) is 17.5. The van der Waals surface area contributed by atoms with Gasteiger partial charge in [0.1, 0.15) is 6.10 Å². The lowest BCUT2D eigenvalue weighted by atomic mass is 9.33. The highest BCUT2D eigenvalue weighted by Crippen LogP contribution is 2.77. The number of ketones is 1. The summed E-state index contributed by atoms with van der Waals surface area (Å²) in [5.41, 5.74) is 1.87. The van der Waals surface area contributed by atoms with Gasteiger partial charge in [-0.1, -0.05) is 60.1 Å². The normalized spacial score (nSPS) is 34.3. The molecule has 1 aromatic heterocycles. The Morgan fingerprint density at radius 3 is 2.30 bits per heavy atom. The molecule has 10 heteroatoms. The van der Waals surface area contributed by atoms with Crippen LogP contribution in [0, 0.1) is 56.2 Å². The molecule has 5 aliphatic carbocycles. The zero-order valence-electron chi connectivity index (χ0n) is 39.3. The van der Waals surface area contributed by atoms with E-state index in [9.17, 15) is 19.5 Å². The highest BCUT2D eigenvalue weighted by atomic mass is 16.5. The van der Waals surface area contributed by atoms with Crippen LogP contribution in [0.4, 0.5) is 0 Å². The zero-order chi connectivity index (χ0) is 44.1. The van der Waals surface area contributed by atoms with Crippen molar-refractivity contribution in [2.75, 3.05) is 54.1 Å². The maximum absolute atomic E-state index is 14.6. The molecule has 1 N–H and O–H groups in total. The Labute approximate surface area is 361 Å². The van der Waals surface area contributed by atoms with Gasteiger partial charge in [0, 0.05) is 56.7 Å². The summed E-state index contributed by atoms with van der Waals surface area (Å²) < 4.78 is 18.9. The van der Waals surface area contributed by atoms with Crippen molar-refractivity contribution in [3.63, 3.8) is 0 Å². The number of carboxylic acid groups (broad SMARTS) is 1. The van der Waals surface area contributed by atoms with Gasteiger partial charge in [-0.3, -0.25) is 24.3 Å². The fourth-order valence-corrected chi connectivity index (χ4v) is 14.1. The number of carbonyl (C=O) groups is 3. The van der Waals surface area contributed by atoms with Gasteiger partial charge in [0.15, 0.2) is 5.78 Å². The molecular formula is C50H79N3O7. The van der Waals surface area contributed by atoms with Crippen LogP contribution >= 0.6 is 0 Å². The van der Waals surface area contributed by atoms with E-state index in [2.05, 4.69) is 84.5 Å². The summed E-state index contributed by atoms with van der Waals surface area (Å²) in [5, 5.41) is 9.69. The third-order valence-corrected chi connectivity index (χ3v) is 17.5. The van der Waals surface area contributed by atoms with E-state index in [1.807, 2.05) is 12.3 Å². The molecular weight excluding hydrogens is 755 g/mol. The molecule has 1 aromatic rings. The second-order valence-electron chi connectivity index (χ2n) is 22.3. The minimum Gasteiger partial charge on any atom is -0.481 e. The van der Waals surface area contributed by atoms with Crippen molar-refractivity contribution in [2.45, 2.75) is 145 Å². The molecule has 0 bridgehead atoms. The number of rotatable bonds is 17. The van der Waals surface area contributed by atoms with Crippen molar-refractivity contribution in [3.8, 4) is 0 Å². The Balaban J connectivity index is 1.33. The van der Waals surface area contributed by atoms with Crippen LogP contribution in [0.3, 0.4) is 0 Å². The van der Waals surface area contributed by atoms with Crippen LogP contribution in [0.5, 0.6) is 0 Å². The molecule has 0 saturated heterocycles. The molecule has 0 radical (unpaired) electrons. The number of likely N-dealkylation sites (N-methyl/N-ethyl adjacent to an activating group) is 1. The highest BCUT2D eigenvalue weighted by molar-refractivity contribution is 6.00. The Morgan fingerprint density at radius 2 is 1.67 bits per heavy atom. The van der Waals surface area contributed by atoms with Gasteiger partial charge in [-0.05, 0) is 137 Å². The largest absolute Gasteiger partial charge is 0.481 e. The van der Waals surface area contributed by atoms with Gasteiger partial charge in [0.2, 0.25) is 0 Å². The van der Waals surface area contributed by atoms with E-state index in [4.69, 9.17) is 19.2 Å². The lowest BCUT2D eigenvalue weighted by Gasteiger charge is -2.72. The van der Waals surface area contributed by atoms with Gasteiger partial charge in [-0.25, -0.2) is 0 Å². The van der Waals surface area contributed by atoms with Crippen molar-refractivity contribution < 1.29 is 33.7 Å². The van der Waals surface area contributed by atoms with Crippen molar-refractivity contribution in [1.82, 2.24) is 14.8 Å². The van der Waals surface area contributed by atoms with Crippen LogP contribution in [0.2, 0.25) is 0 Å². The van der Waals surface area contributed by atoms with Crippen LogP contribution in [-0.4, -0.2) is 104 Å². The van der Waals surface area contributed by atoms with E-state index in [1.54, 1.807) is 21.0 Å². The zero-order valence-corrected chi connectivity index (χ0v) is 39.3. The van der Waals surface area contributed by atoms with E-state index >= 15 is 0 Å². The predicted octanol–water partition coefficient (Wildman–Crippen LogP) is 8.87. The summed E-state index contributed by atoms with van der Waals surface area (Å²) >= 11 is 0. The maximum atomic E-state index is 14.6. The molecule has 5 aliphatic rings. The maximum Gasteiger partial charge on any atom is 0.309 e. The number of ether oxygens (including phenoxy) is 3.